The molecular weight excluding hydrogens is 274 g/mol. The molecule has 1 aromatic rings. The van der Waals surface area contributed by atoms with Crippen LogP contribution in [0.15, 0.2) is 17.0 Å². The van der Waals surface area contributed by atoms with Crippen LogP contribution in [0.5, 0.6) is 0 Å². The second-order valence-electron chi connectivity index (χ2n) is 4.50. The van der Waals surface area contributed by atoms with Crippen molar-refractivity contribution in [1.82, 2.24) is 5.32 Å². The minimum absolute atomic E-state index is 0.0972. The van der Waals surface area contributed by atoms with Crippen molar-refractivity contribution >= 4 is 22.4 Å². The van der Waals surface area contributed by atoms with E-state index in [9.17, 15) is 17.8 Å². The number of anilines is 1. The minimum atomic E-state index is -2.08. The highest BCUT2D eigenvalue weighted by Crippen LogP contribution is 2.20. The van der Waals surface area contributed by atoms with Crippen LogP contribution in [-0.4, -0.2) is 22.4 Å². The molecular formula is C12H16F2N2O2S. The van der Waals surface area contributed by atoms with Crippen molar-refractivity contribution in [2.45, 2.75) is 18.7 Å². The summed E-state index contributed by atoms with van der Waals surface area (Å²) in [7, 11) is -2.08. The normalized spacial score (nSPS) is 12.5. The highest BCUT2D eigenvalue weighted by atomic mass is 32.2. The number of amides is 1. The van der Waals surface area contributed by atoms with Gasteiger partial charge in [-0.05, 0) is 18.1 Å². The van der Waals surface area contributed by atoms with Gasteiger partial charge >= 0.3 is 0 Å². The van der Waals surface area contributed by atoms with Gasteiger partial charge in [0.05, 0.1) is 10.8 Å². The van der Waals surface area contributed by atoms with Gasteiger partial charge in [-0.2, -0.15) is 0 Å². The molecule has 0 aliphatic heterocycles. The molecule has 3 N–H and O–H groups in total. The Labute approximate surface area is 112 Å². The average molecular weight is 290 g/mol. The Balaban J connectivity index is 2.76. The maximum absolute atomic E-state index is 13.5. The van der Waals surface area contributed by atoms with Crippen molar-refractivity contribution in [3.63, 3.8) is 0 Å². The quantitative estimate of drug-likeness (QED) is 0.806. The molecule has 0 saturated carbocycles. The molecule has 0 heterocycles. The molecule has 0 radical (unpaired) electrons. The predicted molar refractivity (Wildman–Crippen MR) is 69.9 cm³/mol. The lowest BCUT2D eigenvalue weighted by Gasteiger charge is -2.09. The zero-order valence-corrected chi connectivity index (χ0v) is 11.5. The molecule has 0 fully saturated rings. The van der Waals surface area contributed by atoms with Crippen molar-refractivity contribution in [1.29, 1.82) is 0 Å². The Morgan fingerprint density at radius 2 is 1.89 bits per heavy atom. The van der Waals surface area contributed by atoms with E-state index in [0.29, 0.717) is 6.54 Å². The van der Waals surface area contributed by atoms with E-state index in [1.807, 2.05) is 13.8 Å². The predicted octanol–water partition coefficient (Wildman–Crippen LogP) is 1.43. The topological polar surface area (TPSA) is 72.2 Å². The van der Waals surface area contributed by atoms with Crippen molar-refractivity contribution in [2.24, 2.45) is 5.92 Å². The smallest absolute Gasteiger partial charge is 0.233 e. The summed E-state index contributed by atoms with van der Waals surface area (Å²) in [6, 6.07) is 1.75. The largest absolute Gasteiger partial charge is 0.399 e. The second kappa shape index (κ2) is 6.60. The zero-order valence-electron chi connectivity index (χ0n) is 10.7. The van der Waals surface area contributed by atoms with Crippen LogP contribution in [0.1, 0.15) is 13.8 Å². The van der Waals surface area contributed by atoms with Gasteiger partial charge in [0.25, 0.3) is 0 Å². The fourth-order valence-corrected chi connectivity index (χ4v) is 2.39. The van der Waals surface area contributed by atoms with Gasteiger partial charge in [-0.15, -0.1) is 0 Å². The van der Waals surface area contributed by atoms with E-state index in [2.05, 4.69) is 5.32 Å². The van der Waals surface area contributed by atoms with E-state index in [1.165, 1.54) is 0 Å². The molecule has 106 valence electrons. The molecule has 1 aromatic carbocycles. The summed E-state index contributed by atoms with van der Waals surface area (Å²) in [5.74, 6) is -2.77. The first-order chi connectivity index (χ1) is 8.81. The fourth-order valence-electron chi connectivity index (χ4n) is 1.36. The van der Waals surface area contributed by atoms with E-state index in [4.69, 9.17) is 5.73 Å². The van der Waals surface area contributed by atoms with Crippen LogP contribution < -0.4 is 11.1 Å². The van der Waals surface area contributed by atoms with Crippen LogP contribution in [0.2, 0.25) is 0 Å². The maximum atomic E-state index is 13.5. The Kier molecular flexibility index (Phi) is 5.41. The van der Waals surface area contributed by atoms with Gasteiger partial charge in [0, 0.05) is 12.2 Å². The summed E-state index contributed by atoms with van der Waals surface area (Å²) >= 11 is 0. The summed E-state index contributed by atoms with van der Waals surface area (Å²) in [6.45, 7) is 4.22. The molecule has 0 aliphatic rings. The van der Waals surface area contributed by atoms with Gasteiger partial charge in [0.2, 0.25) is 5.91 Å². The van der Waals surface area contributed by atoms with Crippen LogP contribution in [0, 0.1) is 17.6 Å². The van der Waals surface area contributed by atoms with E-state index < -0.39 is 39.0 Å². The third kappa shape index (κ3) is 4.59. The Hall–Kier alpha value is -1.50. The molecule has 0 aromatic heterocycles. The van der Waals surface area contributed by atoms with Crippen LogP contribution in [0.3, 0.4) is 0 Å². The van der Waals surface area contributed by atoms with Gasteiger partial charge in [-0.3, -0.25) is 9.00 Å². The van der Waals surface area contributed by atoms with Crippen LogP contribution in [-0.2, 0) is 15.6 Å². The highest BCUT2D eigenvalue weighted by Gasteiger charge is 2.19. The van der Waals surface area contributed by atoms with E-state index in [0.717, 1.165) is 12.1 Å². The van der Waals surface area contributed by atoms with Crippen molar-refractivity contribution in [3.8, 4) is 0 Å². The molecule has 4 nitrogen and oxygen atoms in total. The van der Waals surface area contributed by atoms with Gasteiger partial charge in [0.15, 0.2) is 0 Å². The number of rotatable bonds is 5. The minimum Gasteiger partial charge on any atom is -0.399 e. The molecule has 1 rings (SSSR count). The van der Waals surface area contributed by atoms with E-state index in [-0.39, 0.29) is 11.6 Å². The van der Waals surface area contributed by atoms with Crippen molar-refractivity contribution in [3.05, 3.63) is 23.8 Å². The first-order valence-electron chi connectivity index (χ1n) is 5.70. The highest BCUT2D eigenvalue weighted by molar-refractivity contribution is 7.85. The van der Waals surface area contributed by atoms with E-state index in [1.54, 1.807) is 0 Å². The van der Waals surface area contributed by atoms with Crippen LogP contribution in [0.25, 0.3) is 0 Å². The molecule has 0 spiro atoms. The zero-order chi connectivity index (χ0) is 14.6. The summed E-state index contributed by atoms with van der Waals surface area (Å²) < 4.78 is 38.7. The molecule has 19 heavy (non-hydrogen) atoms. The van der Waals surface area contributed by atoms with Crippen molar-refractivity contribution in [2.75, 3.05) is 18.0 Å². The number of carbonyl (C=O) groups is 1. The standard InChI is InChI=1S/C12H16F2N2O2S/c1-7(2)5-16-11(17)6-19(18)12-9(13)3-8(15)4-10(12)14/h3-4,7H,5-6,15H2,1-2H3,(H,16,17). The molecule has 1 unspecified atom stereocenters. The number of nitrogens with two attached hydrogens (primary N) is 1. The molecule has 0 aliphatic carbocycles. The number of hydrogen-bond donors (Lipinski definition) is 2. The summed E-state index contributed by atoms with van der Waals surface area (Å²) in [5, 5.41) is 2.53. The number of nitrogen functional groups attached to an aromatic ring is 1. The van der Waals surface area contributed by atoms with Crippen LogP contribution >= 0.6 is 0 Å². The third-order valence-corrected chi connectivity index (χ3v) is 3.59. The third-order valence-electron chi connectivity index (χ3n) is 2.22. The molecule has 1 amide bonds. The number of carbonyl (C=O) groups excluding carboxylic acids is 1. The average Bonchev–Trinajstić information content (AvgIpc) is 2.24. The molecule has 0 bridgehead atoms. The Morgan fingerprint density at radius 1 is 1.37 bits per heavy atom. The number of nitrogens with one attached hydrogen (secondary N) is 1. The van der Waals surface area contributed by atoms with Crippen LogP contribution in [0.4, 0.5) is 14.5 Å². The lowest BCUT2D eigenvalue weighted by molar-refractivity contribution is -0.118. The number of benzene rings is 1. The lowest BCUT2D eigenvalue weighted by atomic mass is 10.2. The number of halogens is 2. The van der Waals surface area contributed by atoms with E-state index >= 15 is 0 Å². The van der Waals surface area contributed by atoms with Gasteiger partial charge < -0.3 is 11.1 Å². The van der Waals surface area contributed by atoms with Gasteiger partial charge in [0.1, 0.15) is 22.3 Å². The summed E-state index contributed by atoms with van der Waals surface area (Å²) in [5.41, 5.74) is 5.16. The molecule has 1 atom stereocenters. The van der Waals surface area contributed by atoms with Crippen molar-refractivity contribution < 1.29 is 17.8 Å². The monoisotopic (exact) mass is 290 g/mol. The summed E-state index contributed by atoms with van der Waals surface area (Å²) in [4.78, 5) is 10.8. The summed E-state index contributed by atoms with van der Waals surface area (Å²) in [6.07, 6.45) is 0. The number of hydrogen-bond acceptors (Lipinski definition) is 3. The fraction of sp³-hybridized carbons (Fsp3) is 0.417. The lowest BCUT2D eigenvalue weighted by Crippen LogP contribution is -2.31. The van der Waals surface area contributed by atoms with Gasteiger partial charge in [-0.1, -0.05) is 13.8 Å². The molecule has 0 saturated heterocycles. The van der Waals surface area contributed by atoms with Gasteiger partial charge in [-0.25, -0.2) is 8.78 Å². The second-order valence-corrected chi connectivity index (χ2v) is 5.89. The first-order valence-corrected chi connectivity index (χ1v) is 7.02. The molecule has 7 heteroatoms. The Bertz CT molecular complexity index is 483. The first kappa shape index (κ1) is 15.6. The SMILES string of the molecule is CC(C)CNC(=O)CS(=O)c1c(F)cc(N)cc1F. The Morgan fingerprint density at radius 3 is 2.37 bits per heavy atom. The maximum Gasteiger partial charge on any atom is 0.233 e.